The van der Waals surface area contributed by atoms with E-state index in [0.717, 1.165) is 0 Å². The maximum atomic E-state index is 13.0. The van der Waals surface area contributed by atoms with Gasteiger partial charge in [-0.15, -0.1) is 0 Å². The highest BCUT2D eigenvalue weighted by atomic mass is 127. The minimum absolute atomic E-state index is 0.0350. The Balaban J connectivity index is 3.30. The fourth-order valence-corrected chi connectivity index (χ4v) is 1.60. The van der Waals surface area contributed by atoms with Gasteiger partial charge in [-0.05, 0) is 40.3 Å². The SMILES string of the molecule is N#Cc1c(F)cc(CO)cc1I. The van der Waals surface area contributed by atoms with Gasteiger partial charge in [0.1, 0.15) is 17.4 Å². The Bertz CT molecular complexity index is 322. The van der Waals surface area contributed by atoms with Gasteiger partial charge in [0, 0.05) is 3.57 Å². The van der Waals surface area contributed by atoms with Crippen LogP contribution in [-0.4, -0.2) is 5.11 Å². The predicted octanol–water partition coefficient (Wildman–Crippen LogP) is 1.79. The first-order valence-electron chi connectivity index (χ1n) is 3.18. The lowest BCUT2D eigenvalue weighted by molar-refractivity contribution is 0.281. The van der Waals surface area contributed by atoms with Gasteiger partial charge in [0.2, 0.25) is 0 Å². The van der Waals surface area contributed by atoms with Gasteiger partial charge in [0.25, 0.3) is 0 Å². The molecule has 0 amide bonds. The zero-order chi connectivity index (χ0) is 9.14. The molecule has 62 valence electrons. The Morgan fingerprint density at radius 1 is 1.58 bits per heavy atom. The van der Waals surface area contributed by atoms with Gasteiger partial charge in [-0.3, -0.25) is 0 Å². The largest absolute Gasteiger partial charge is 0.392 e. The molecule has 0 atom stereocenters. The summed E-state index contributed by atoms with van der Waals surface area (Å²) in [6, 6.07) is 4.50. The number of aliphatic hydroxyl groups excluding tert-OH is 1. The zero-order valence-electron chi connectivity index (χ0n) is 6.01. The molecule has 0 aliphatic rings. The maximum absolute atomic E-state index is 13.0. The smallest absolute Gasteiger partial charge is 0.142 e. The van der Waals surface area contributed by atoms with Crippen LogP contribution in [-0.2, 0) is 6.61 Å². The molecule has 0 radical (unpaired) electrons. The van der Waals surface area contributed by atoms with E-state index in [2.05, 4.69) is 0 Å². The number of halogens is 2. The standard InChI is InChI=1S/C8H5FINO/c9-7-1-5(4-12)2-8(10)6(7)3-11/h1-2,12H,4H2. The third-order valence-corrected chi connectivity index (χ3v) is 2.25. The van der Waals surface area contributed by atoms with E-state index in [-0.39, 0.29) is 12.2 Å². The van der Waals surface area contributed by atoms with Crippen molar-refractivity contribution in [3.63, 3.8) is 0 Å². The first kappa shape index (κ1) is 9.42. The van der Waals surface area contributed by atoms with E-state index >= 15 is 0 Å². The first-order valence-corrected chi connectivity index (χ1v) is 4.25. The minimum atomic E-state index is -0.576. The molecule has 1 N–H and O–H groups in total. The van der Waals surface area contributed by atoms with Gasteiger partial charge < -0.3 is 5.11 Å². The van der Waals surface area contributed by atoms with Gasteiger partial charge in [-0.2, -0.15) is 5.26 Å². The minimum Gasteiger partial charge on any atom is -0.392 e. The van der Waals surface area contributed by atoms with Crippen molar-refractivity contribution < 1.29 is 9.50 Å². The van der Waals surface area contributed by atoms with E-state index in [4.69, 9.17) is 10.4 Å². The highest BCUT2D eigenvalue weighted by Gasteiger charge is 2.07. The highest BCUT2D eigenvalue weighted by molar-refractivity contribution is 14.1. The fourth-order valence-electron chi connectivity index (χ4n) is 0.824. The van der Waals surface area contributed by atoms with Crippen LogP contribution in [0.2, 0.25) is 0 Å². The topological polar surface area (TPSA) is 44.0 Å². The van der Waals surface area contributed by atoms with Crippen LogP contribution in [0.4, 0.5) is 4.39 Å². The van der Waals surface area contributed by atoms with Crippen molar-refractivity contribution in [2.24, 2.45) is 0 Å². The van der Waals surface area contributed by atoms with E-state index in [0.29, 0.717) is 9.13 Å². The molecular formula is C8H5FINO. The maximum Gasteiger partial charge on any atom is 0.142 e. The number of hydrogen-bond acceptors (Lipinski definition) is 2. The molecule has 0 unspecified atom stereocenters. The molecule has 12 heavy (non-hydrogen) atoms. The molecular weight excluding hydrogens is 272 g/mol. The molecule has 2 nitrogen and oxygen atoms in total. The van der Waals surface area contributed by atoms with Crippen LogP contribution in [0.5, 0.6) is 0 Å². The van der Waals surface area contributed by atoms with Gasteiger partial charge in [0.15, 0.2) is 0 Å². The van der Waals surface area contributed by atoms with Crippen LogP contribution in [0.15, 0.2) is 12.1 Å². The number of hydrogen-bond donors (Lipinski definition) is 1. The molecule has 0 bridgehead atoms. The van der Waals surface area contributed by atoms with Crippen molar-refractivity contribution in [2.75, 3.05) is 0 Å². The number of rotatable bonds is 1. The number of nitriles is 1. The van der Waals surface area contributed by atoms with Gasteiger partial charge >= 0.3 is 0 Å². The fraction of sp³-hybridized carbons (Fsp3) is 0.125. The molecule has 0 aliphatic carbocycles. The summed E-state index contributed by atoms with van der Waals surface area (Å²) >= 11 is 1.86. The second-order valence-corrected chi connectivity index (χ2v) is 3.37. The van der Waals surface area contributed by atoms with E-state index in [1.54, 1.807) is 12.1 Å². The molecule has 1 aromatic carbocycles. The summed E-state index contributed by atoms with van der Waals surface area (Å²) in [6.45, 7) is -0.210. The van der Waals surface area contributed by atoms with E-state index in [9.17, 15) is 4.39 Å². The molecule has 0 fully saturated rings. The summed E-state index contributed by atoms with van der Waals surface area (Å²) in [5.74, 6) is -0.576. The predicted molar refractivity (Wildman–Crippen MR) is 49.8 cm³/mol. The molecule has 1 aromatic rings. The summed E-state index contributed by atoms with van der Waals surface area (Å²) in [6.07, 6.45) is 0. The summed E-state index contributed by atoms with van der Waals surface area (Å²) in [5.41, 5.74) is 0.517. The third-order valence-electron chi connectivity index (χ3n) is 1.40. The monoisotopic (exact) mass is 277 g/mol. The number of aliphatic hydroxyl groups is 1. The summed E-state index contributed by atoms with van der Waals surface area (Å²) in [4.78, 5) is 0. The van der Waals surface area contributed by atoms with Crippen LogP contribution in [0.25, 0.3) is 0 Å². The molecule has 4 heteroatoms. The number of nitrogens with zero attached hydrogens (tertiary/aromatic N) is 1. The van der Waals surface area contributed by atoms with Crippen LogP contribution >= 0.6 is 22.6 Å². The molecule has 0 saturated carbocycles. The van der Waals surface area contributed by atoms with Crippen molar-refractivity contribution in [1.82, 2.24) is 0 Å². The van der Waals surface area contributed by atoms with E-state index in [1.165, 1.54) is 6.07 Å². The summed E-state index contributed by atoms with van der Waals surface area (Å²) in [7, 11) is 0. The van der Waals surface area contributed by atoms with Crippen molar-refractivity contribution in [3.8, 4) is 6.07 Å². The Morgan fingerprint density at radius 3 is 2.67 bits per heavy atom. The van der Waals surface area contributed by atoms with Gasteiger partial charge in [-0.1, -0.05) is 0 Å². The van der Waals surface area contributed by atoms with Crippen LogP contribution < -0.4 is 0 Å². The molecule has 1 rings (SSSR count). The van der Waals surface area contributed by atoms with Gasteiger partial charge in [-0.25, -0.2) is 4.39 Å². The molecule has 0 aliphatic heterocycles. The average molecular weight is 277 g/mol. The van der Waals surface area contributed by atoms with Crippen molar-refractivity contribution in [2.45, 2.75) is 6.61 Å². The van der Waals surface area contributed by atoms with Gasteiger partial charge in [0.05, 0.1) is 6.61 Å². The van der Waals surface area contributed by atoms with Crippen molar-refractivity contribution >= 4 is 22.6 Å². The lowest BCUT2D eigenvalue weighted by atomic mass is 10.1. The van der Waals surface area contributed by atoms with E-state index < -0.39 is 5.82 Å². The second-order valence-electron chi connectivity index (χ2n) is 2.20. The number of benzene rings is 1. The molecule has 0 aromatic heterocycles. The summed E-state index contributed by atoms with van der Waals surface area (Å²) < 4.78 is 13.5. The Labute approximate surface area is 82.8 Å². The normalized spacial score (nSPS) is 9.50. The van der Waals surface area contributed by atoms with E-state index in [1.807, 2.05) is 22.6 Å². The van der Waals surface area contributed by atoms with Crippen LogP contribution in [0, 0.1) is 20.7 Å². The summed E-state index contributed by atoms with van der Waals surface area (Å²) in [5, 5.41) is 17.2. The first-order chi connectivity index (χ1) is 5.69. The van der Waals surface area contributed by atoms with Crippen molar-refractivity contribution in [3.05, 3.63) is 32.6 Å². The lowest BCUT2D eigenvalue weighted by Crippen LogP contribution is -1.93. The lowest BCUT2D eigenvalue weighted by Gasteiger charge is -2.00. The quantitative estimate of drug-likeness (QED) is 0.795. The second kappa shape index (κ2) is 3.83. The zero-order valence-corrected chi connectivity index (χ0v) is 8.17. The average Bonchev–Trinajstić information content (AvgIpc) is 2.03. The van der Waals surface area contributed by atoms with Crippen molar-refractivity contribution in [1.29, 1.82) is 5.26 Å². The third kappa shape index (κ3) is 1.73. The molecule has 0 saturated heterocycles. The van der Waals surface area contributed by atoms with Crippen LogP contribution in [0.1, 0.15) is 11.1 Å². The molecule has 0 spiro atoms. The molecule has 0 heterocycles. The Morgan fingerprint density at radius 2 is 2.25 bits per heavy atom. The highest BCUT2D eigenvalue weighted by Crippen LogP contribution is 2.17. The Hall–Kier alpha value is -0.670. The Kier molecular flexibility index (Phi) is 3.00. The van der Waals surface area contributed by atoms with Crippen LogP contribution in [0.3, 0.4) is 0 Å².